The van der Waals surface area contributed by atoms with Gasteiger partial charge in [0.25, 0.3) is 0 Å². The molecule has 0 unspecified atom stereocenters. The molecular weight excluding hydrogens is 259 g/mol. The fraction of sp³-hybridized carbons (Fsp3) is 0. The maximum absolute atomic E-state index is 9.08. The Hall–Kier alpha value is -1.58. The summed E-state index contributed by atoms with van der Waals surface area (Å²) < 4.78 is 0. The number of pyridine rings is 1. The number of halogens is 2. The van der Waals surface area contributed by atoms with Crippen molar-refractivity contribution in [2.75, 3.05) is 0 Å². The molecule has 5 heteroatoms. The van der Waals surface area contributed by atoms with Crippen LogP contribution in [0.15, 0.2) is 47.8 Å². The highest BCUT2D eigenvalue weighted by molar-refractivity contribution is 6.37. The van der Waals surface area contributed by atoms with E-state index in [9.17, 15) is 0 Å². The van der Waals surface area contributed by atoms with E-state index < -0.39 is 0 Å². The van der Waals surface area contributed by atoms with Crippen LogP contribution in [-0.2, 0) is 0 Å². The Bertz CT molecular complexity index is 556. The van der Waals surface area contributed by atoms with Crippen molar-refractivity contribution in [1.82, 2.24) is 4.98 Å². The van der Waals surface area contributed by atoms with Crippen LogP contribution in [-0.4, -0.2) is 15.9 Å². The number of nitrogens with zero attached hydrogens (tertiary/aromatic N) is 2. The second kappa shape index (κ2) is 5.17. The van der Waals surface area contributed by atoms with Gasteiger partial charge >= 0.3 is 0 Å². The first-order chi connectivity index (χ1) is 8.22. The van der Waals surface area contributed by atoms with Gasteiger partial charge in [0.1, 0.15) is 5.71 Å². The molecule has 0 aliphatic rings. The van der Waals surface area contributed by atoms with Gasteiger partial charge in [-0.1, -0.05) is 34.4 Å². The second-order valence-corrected chi connectivity index (χ2v) is 4.13. The molecule has 0 amide bonds. The van der Waals surface area contributed by atoms with Crippen LogP contribution in [0.1, 0.15) is 11.3 Å². The van der Waals surface area contributed by atoms with Gasteiger partial charge in [-0.2, -0.15) is 0 Å². The van der Waals surface area contributed by atoms with E-state index in [0.29, 0.717) is 27.0 Å². The molecule has 0 radical (unpaired) electrons. The van der Waals surface area contributed by atoms with E-state index in [1.54, 1.807) is 42.6 Å². The van der Waals surface area contributed by atoms with Gasteiger partial charge < -0.3 is 5.21 Å². The van der Waals surface area contributed by atoms with Crippen molar-refractivity contribution in [3.05, 3.63) is 63.9 Å². The highest BCUT2D eigenvalue weighted by Crippen LogP contribution is 2.23. The minimum absolute atomic E-state index is 0.312. The van der Waals surface area contributed by atoms with Crippen LogP contribution < -0.4 is 0 Å². The Morgan fingerprint density at radius 2 is 2.00 bits per heavy atom. The average Bonchev–Trinajstić information content (AvgIpc) is 2.34. The monoisotopic (exact) mass is 266 g/mol. The molecular formula is C12H8Cl2N2O. The predicted molar refractivity (Wildman–Crippen MR) is 68.1 cm³/mol. The number of hydrogen-bond donors (Lipinski definition) is 1. The Balaban J connectivity index is 2.51. The van der Waals surface area contributed by atoms with E-state index >= 15 is 0 Å². The summed E-state index contributed by atoms with van der Waals surface area (Å²) in [5.74, 6) is 0. The van der Waals surface area contributed by atoms with Gasteiger partial charge in [0.2, 0.25) is 0 Å². The van der Waals surface area contributed by atoms with Gasteiger partial charge in [0.15, 0.2) is 0 Å². The zero-order valence-corrected chi connectivity index (χ0v) is 10.2. The SMILES string of the molecule is ON=C(c1ccccn1)c1ccc(Cl)cc1Cl. The molecule has 0 aliphatic heterocycles. The van der Waals surface area contributed by atoms with E-state index in [2.05, 4.69) is 10.1 Å². The van der Waals surface area contributed by atoms with Gasteiger partial charge in [0.05, 0.1) is 10.7 Å². The second-order valence-electron chi connectivity index (χ2n) is 3.29. The number of benzene rings is 1. The number of hydrogen-bond acceptors (Lipinski definition) is 3. The molecule has 3 nitrogen and oxygen atoms in total. The Kier molecular flexibility index (Phi) is 3.61. The Morgan fingerprint density at radius 3 is 2.59 bits per heavy atom. The van der Waals surface area contributed by atoms with Crippen molar-refractivity contribution in [3.63, 3.8) is 0 Å². The molecule has 0 saturated heterocycles. The van der Waals surface area contributed by atoms with Crippen molar-refractivity contribution in [3.8, 4) is 0 Å². The summed E-state index contributed by atoms with van der Waals surface area (Å²) in [6, 6.07) is 10.3. The van der Waals surface area contributed by atoms with E-state index in [1.165, 1.54) is 0 Å². The summed E-state index contributed by atoms with van der Waals surface area (Å²) in [5.41, 5.74) is 1.43. The van der Waals surface area contributed by atoms with Gasteiger partial charge in [-0.15, -0.1) is 0 Å². The van der Waals surface area contributed by atoms with Gasteiger partial charge in [0, 0.05) is 16.8 Å². The maximum atomic E-state index is 9.08. The largest absolute Gasteiger partial charge is 0.410 e. The zero-order chi connectivity index (χ0) is 12.3. The molecule has 0 bridgehead atoms. The number of aromatic nitrogens is 1. The lowest BCUT2D eigenvalue weighted by Gasteiger charge is -2.06. The van der Waals surface area contributed by atoms with Crippen molar-refractivity contribution in [2.24, 2.45) is 5.16 Å². The van der Waals surface area contributed by atoms with Gasteiger partial charge in [-0.3, -0.25) is 4.98 Å². The summed E-state index contributed by atoms with van der Waals surface area (Å²) in [6.07, 6.45) is 1.62. The third kappa shape index (κ3) is 2.57. The molecule has 0 aliphatic carbocycles. The molecule has 0 spiro atoms. The molecule has 86 valence electrons. The van der Waals surface area contributed by atoms with Crippen LogP contribution in [0.4, 0.5) is 0 Å². The molecule has 1 aromatic carbocycles. The highest BCUT2D eigenvalue weighted by Gasteiger charge is 2.12. The molecule has 2 rings (SSSR count). The molecule has 0 atom stereocenters. The van der Waals surface area contributed by atoms with Crippen molar-refractivity contribution in [1.29, 1.82) is 0 Å². The third-order valence-corrected chi connectivity index (χ3v) is 2.74. The number of oxime groups is 1. The molecule has 2 aromatic rings. The minimum Gasteiger partial charge on any atom is -0.410 e. The summed E-state index contributed by atoms with van der Waals surface area (Å²) in [4.78, 5) is 4.11. The van der Waals surface area contributed by atoms with Crippen LogP contribution in [0.2, 0.25) is 10.0 Å². The maximum Gasteiger partial charge on any atom is 0.136 e. The standard InChI is InChI=1S/C12H8Cl2N2O/c13-8-4-5-9(10(14)7-8)12(16-17)11-3-1-2-6-15-11/h1-7,17H. The number of rotatable bonds is 2. The molecule has 1 aromatic heterocycles. The summed E-state index contributed by atoms with van der Waals surface area (Å²) >= 11 is 11.9. The third-order valence-electron chi connectivity index (χ3n) is 2.19. The topological polar surface area (TPSA) is 45.5 Å². The van der Waals surface area contributed by atoms with E-state index in [0.717, 1.165) is 0 Å². The summed E-state index contributed by atoms with van der Waals surface area (Å²) in [7, 11) is 0. The smallest absolute Gasteiger partial charge is 0.136 e. The summed E-state index contributed by atoms with van der Waals surface area (Å²) in [6.45, 7) is 0. The quantitative estimate of drug-likeness (QED) is 0.513. The van der Waals surface area contributed by atoms with Gasteiger partial charge in [-0.25, -0.2) is 0 Å². The van der Waals surface area contributed by atoms with Gasteiger partial charge in [-0.05, 0) is 30.3 Å². The molecule has 17 heavy (non-hydrogen) atoms. The zero-order valence-electron chi connectivity index (χ0n) is 8.64. The highest BCUT2D eigenvalue weighted by atomic mass is 35.5. The average molecular weight is 267 g/mol. The fourth-order valence-electron chi connectivity index (χ4n) is 1.43. The molecule has 0 saturated carbocycles. The first-order valence-corrected chi connectivity index (χ1v) is 5.57. The van der Waals surface area contributed by atoms with E-state index in [4.69, 9.17) is 28.4 Å². The predicted octanol–water partition coefficient (Wildman–Crippen LogP) is 3.62. The first-order valence-electron chi connectivity index (χ1n) is 4.81. The van der Waals surface area contributed by atoms with Crippen LogP contribution in [0.25, 0.3) is 0 Å². The van der Waals surface area contributed by atoms with Crippen molar-refractivity contribution >= 4 is 28.9 Å². The van der Waals surface area contributed by atoms with Crippen molar-refractivity contribution in [2.45, 2.75) is 0 Å². The molecule has 1 heterocycles. The normalized spacial score (nSPS) is 11.5. The minimum atomic E-state index is 0.312. The first kappa shape index (κ1) is 11.9. The molecule has 1 N–H and O–H groups in total. The summed E-state index contributed by atoms with van der Waals surface area (Å²) in [5, 5.41) is 13.3. The van der Waals surface area contributed by atoms with Crippen LogP contribution >= 0.6 is 23.2 Å². The van der Waals surface area contributed by atoms with Crippen LogP contribution in [0.5, 0.6) is 0 Å². The van der Waals surface area contributed by atoms with E-state index in [1.807, 2.05) is 0 Å². The fourth-order valence-corrected chi connectivity index (χ4v) is 1.93. The lowest BCUT2D eigenvalue weighted by atomic mass is 10.1. The van der Waals surface area contributed by atoms with Crippen LogP contribution in [0.3, 0.4) is 0 Å². The van der Waals surface area contributed by atoms with Crippen molar-refractivity contribution < 1.29 is 5.21 Å². The van der Waals surface area contributed by atoms with Crippen LogP contribution in [0, 0.1) is 0 Å². The Labute approximate surface area is 108 Å². The van der Waals surface area contributed by atoms with E-state index in [-0.39, 0.29) is 0 Å². The lowest BCUT2D eigenvalue weighted by Crippen LogP contribution is -2.06. The molecule has 0 fully saturated rings. The Morgan fingerprint density at radius 1 is 1.18 bits per heavy atom. The lowest BCUT2D eigenvalue weighted by molar-refractivity contribution is 0.319.